The molecule has 0 aliphatic rings. The van der Waals surface area contributed by atoms with Crippen molar-refractivity contribution in [2.75, 3.05) is 18.1 Å². The van der Waals surface area contributed by atoms with E-state index in [9.17, 15) is 9.18 Å². The van der Waals surface area contributed by atoms with Crippen molar-refractivity contribution >= 4 is 33.2 Å². The molecule has 0 saturated heterocycles. The van der Waals surface area contributed by atoms with Crippen molar-refractivity contribution in [1.82, 2.24) is 5.32 Å². The van der Waals surface area contributed by atoms with Crippen LogP contribution in [-0.4, -0.2) is 19.0 Å². The van der Waals surface area contributed by atoms with E-state index in [0.29, 0.717) is 10.2 Å². The number of benzene rings is 1. The van der Waals surface area contributed by atoms with Crippen LogP contribution in [0.1, 0.15) is 6.92 Å². The van der Waals surface area contributed by atoms with Gasteiger partial charge in [-0.1, -0.05) is 0 Å². The molecule has 0 aromatic heterocycles. The van der Waals surface area contributed by atoms with Gasteiger partial charge >= 0.3 is 0 Å². The molecule has 1 aromatic rings. The molecule has 1 atom stereocenters. The highest BCUT2D eigenvalue weighted by Crippen LogP contribution is 2.26. The van der Waals surface area contributed by atoms with Crippen LogP contribution in [0.2, 0.25) is 0 Å². The number of rotatable bonds is 3. The van der Waals surface area contributed by atoms with Crippen molar-refractivity contribution < 1.29 is 9.18 Å². The maximum atomic E-state index is 13.1. The summed E-state index contributed by atoms with van der Waals surface area (Å²) in [6, 6.07) is 2.26. The van der Waals surface area contributed by atoms with Gasteiger partial charge in [-0.2, -0.15) is 0 Å². The lowest BCUT2D eigenvalue weighted by Gasteiger charge is -2.15. The summed E-state index contributed by atoms with van der Waals surface area (Å²) in [5, 5.41) is 5.40. The third-order valence-corrected chi connectivity index (χ3v) is 2.71. The average molecular weight is 290 g/mol. The molecule has 6 heteroatoms. The molecule has 0 heterocycles. The van der Waals surface area contributed by atoms with Crippen molar-refractivity contribution in [1.29, 1.82) is 0 Å². The number of nitrogens with two attached hydrogens (primary N) is 1. The van der Waals surface area contributed by atoms with Gasteiger partial charge < -0.3 is 16.4 Å². The lowest BCUT2D eigenvalue weighted by Crippen LogP contribution is -2.35. The van der Waals surface area contributed by atoms with Gasteiger partial charge in [0.15, 0.2) is 0 Å². The number of carbonyl (C=O) groups excluding carboxylic acids is 1. The van der Waals surface area contributed by atoms with Crippen molar-refractivity contribution in [3.8, 4) is 0 Å². The van der Waals surface area contributed by atoms with Gasteiger partial charge in [-0.05, 0) is 28.9 Å². The maximum absolute atomic E-state index is 13.1. The van der Waals surface area contributed by atoms with Gasteiger partial charge in [-0.3, -0.25) is 4.79 Å². The Hall–Kier alpha value is -1.30. The third kappa shape index (κ3) is 2.85. The number of halogens is 2. The predicted molar refractivity (Wildman–Crippen MR) is 65.7 cm³/mol. The largest absolute Gasteiger partial charge is 0.397 e. The van der Waals surface area contributed by atoms with Gasteiger partial charge in [-0.25, -0.2) is 4.39 Å². The molecule has 16 heavy (non-hydrogen) atoms. The highest BCUT2D eigenvalue weighted by molar-refractivity contribution is 9.10. The Morgan fingerprint density at radius 1 is 1.56 bits per heavy atom. The zero-order valence-electron chi connectivity index (χ0n) is 8.97. The van der Waals surface area contributed by atoms with Gasteiger partial charge in [0.05, 0.1) is 15.8 Å². The van der Waals surface area contributed by atoms with E-state index >= 15 is 0 Å². The minimum Gasteiger partial charge on any atom is -0.397 e. The van der Waals surface area contributed by atoms with E-state index in [-0.39, 0.29) is 11.6 Å². The molecule has 1 aromatic carbocycles. The lowest BCUT2D eigenvalue weighted by atomic mass is 10.2. The fraction of sp³-hybridized carbons (Fsp3) is 0.300. The second kappa shape index (κ2) is 5.16. The smallest absolute Gasteiger partial charge is 0.241 e. The van der Waals surface area contributed by atoms with Crippen molar-refractivity contribution in [3.05, 3.63) is 22.4 Å². The Morgan fingerprint density at radius 3 is 2.75 bits per heavy atom. The van der Waals surface area contributed by atoms with Crippen molar-refractivity contribution in [3.63, 3.8) is 0 Å². The number of likely N-dealkylation sites (N-methyl/N-ethyl adjacent to an activating group) is 1. The summed E-state index contributed by atoms with van der Waals surface area (Å²) in [7, 11) is 1.55. The monoisotopic (exact) mass is 289 g/mol. The van der Waals surface area contributed by atoms with E-state index in [1.54, 1.807) is 14.0 Å². The second-order valence-corrected chi connectivity index (χ2v) is 4.19. The fourth-order valence-electron chi connectivity index (χ4n) is 1.20. The Labute approximate surface area is 102 Å². The fourth-order valence-corrected chi connectivity index (χ4v) is 1.55. The number of hydrogen-bond donors (Lipinski definition) is 3. The quantitative estimate of drug-likeness (QED) is 0.742. The topological polar surface area (TPSA) is 67.2 Å². The summed E-state index contributed by atoms with van der Waals surface area (Å²) >= 11 is 3.05. The number of anilines is 2. The molecule has 0 fully saturated rings. The summed E-state index contributed by atoms with van der Waals surface area (Å²) in [6.07, 6.45) is 0. The van der Waals surface area contributed by atoms with Gasteiger partial charge in [0, 0.05) is 13.1 Å². The van der Waals surface area contributed by atoms with Gasteiger partial charge in [0.25, 0.3) is 0 Å². The molecule has 0 bridgehead atoms. The molecule has 4 N–H and O–H groups in total. The first-order valence-electron chi connectivity index (χ1n) is 4.68. The van der Waals surface area contributed by atoms with Crippen molar-refractivity contribution in [2.24, 2.45) is 0 Å². The van der Waals surface area contributed by atoms with E-state index in [1.165, 1.54) is 12.1 Å². The minimum atomic E-state index is -0.440. The van der Waals surface area contributed by atoms with Crippen LogP contribution in [0.5, 0.6) is 0 Å². The molecule has 88 valence electrons. The Kier molecular flexibility index (Phi) is 4.12. The zero-order valence-corrected chi connectivity index (χ0v) is 10.6. The summed E-state index contributed by atoms with van der Waals surface area (Å²) < 4.78 is 13.4. The van der Waals surface area contributed by atoms with E-state index in [0.717, 1.165) is 0 Å². The summed E-state index contributed by atoms with van der Waals surface area (Å²) in [5.41, 5.74) is 6.40. The Morgan fingerprint density at radius 2 is 2.19 bits per heavy atom. The van der Waals surface area contributed by atoms with Crippen LogP contribution < -0.4 is 16.4 Å². The standard InChI is InChI=1S/C10H13BrFN3O/c1-5(10(16)14-2)15-9-3-6(11)7(12)4-8(9)13/h3-5,15H,13H2,1-2H3,(H,14,16). The molecule has 1 unspecified atom stereocenters. The Balaban J connectivity index is 2.89. The van der Waals surface area contributed by atoms with Crippen LogP contribution in [0.15, 0.2) is 16.6 Å². The molecule has 1 rings (SSSR count). The number of nitrogens with one attached hydrogen (secondary N) is 2. The first-order chi connectivity index (χ1) is 7.45. The molecule has 1 amide bonds. The SMILES string of the molecule is CNC(=O)C(C)Nc1cc(Br)c(F)cc1N. The number of hydrogen-bond acceptors (Lipinski definition) is 3. The van der Waals surface area contributed by atoms with Crippen LogP contribution in [-0.2, 0) is 4.79 Å². The second-order valence-electron chi connectivity index (χ2n) is 3.33. The van der Waals surface area contributed by atoms with E-state index in [2.05, 4.69) is 26.6 Å². The van der Waals surface area contributed by atoms with Crippen molar-refractivity contribution in [2.45, 2.75) is 13.0 Å². The van der Waals surface area contributed by atoms with Crippen LogP contribution in [0.4, 0.5) is 15.8 Å². The molecule has 0 radical (unpaired) electrons. The Bertz CT molecular complexity index is 411. The zero-order chi connectivity index (χ0) is 12.3. The first-order valence-corrected chi connectivity index (χ1v) is 5.47. The first kappa shape index (κ1) is 12.8. The van der Waals surface area contributed by atoms with Crippen LogP contribution in [0.25, 0.3) is 0 Å². The van der Waals surface area contributed by atoms with Gasteiger partial charge in [-0.15, -0.1) is 0 Å². The summed E-state index contributed by atoms with van der Waals surface area (Å²) in [5.74, 6) is -0.601. The summed E-state index contributed by atoms with van der Waals surface area (Å²) in [4.78, 5) is 11.3. The van der Waals surface area contributed by atoms with Crippen LogP contribution in [0.3, 0.4) is 0 Å². The van der Waals surface area contributed by atoms with E-state index in [1.807, 2.05) is 0 Å². The normalized spacial score (nSPS) is 12.0. The number of carbonyl (C=O) groups is 1. The van der Waals surface area contributed by atoms with E-state index in [4.69, 9.17) is 5.73 Å². The maximum Gasteiger partial charge on any atom is 0.241 e. The van der Waals surface area contributed by atoms with Crippen LogP contribution >= 0.6 is 15.9 Å². The average Bonchev–Trinajstić information content (AvgIpc) is 2.24. The number of amides is 1. The molecule has 0 spiro atoms. The third-order valence-electron chi connectivity index (χ3n) is 2.10. The van der Waals surface area contributed by atoms with Gasteiger partial charge in [0.1, 0.15) is 11.9 Å². The van der Waals surface area contributed by atoms with E-state index < -0.39 is 11.9 Å². The number of nitrogen functional groups attached to an aromatic ring is 1. The molecular weight excluding hydrogens is 277 g/mol. The molecule has 0 aliphatic carbocycles. The summed E-state index contributed by atoms with van der Waals surface area (Å²) in [6.45, 7) is 1.69. The lowest BCUT2D eigenvalue weighted by molar-refractivity contribution is -0.121. The molecule has 0 saturated carbocycles. The predicted octanol–water partition coefficient (Wildman–Crippen LogP) is 1.72. The molecule has 0 aliphatic heterocycles. The highest BCUT2D eigenvalue weighted by Gasteiger charge is 2.13. The molecule has 4 nitrogen and oxygen atoms in total. The highest BCUT2D eigenvalue weighted by atomic mass is 79.9. The van der Waals surface area contributed by atoms with Crippen LogP contribution in [0, 0.1) is 5.82 Å². The van der Waals surface area contributed by atoms with Gasteiger partial charge in [0.2, 0.25) is 5.91 Å². The minimum absolute atomic E-state index is 0.167. The molecular formula is C10H13BrFN3O.